The van der Waals surface area contributed by atoms with Crippen molar-refractivity contribution in [3.05, 3.63) is 63.9 Å². The van der Waals surface area contributed by atoms with Gasteiger partial charge in [0, 0.05) is 22.8 Å². The summed E-state index contributed by atoms with van der Waals surface area (Å²) in [6.45, 7) is 0. The summed E-state index contributed by atoms with van der Waals surface area (Å²) in [6.07, 6.45) is 4.87. The van der Waals surface area contributed by atoms with Gasteiger partial charge in [-0.1, -0.05) is 36.4 Å². The van der Waals surface area contributed by atoms with Gasteiger partial charge < -0.3 is 0 Å². The molecule has 0 saturated heterocycles. The first-order valence-electron chi connectivity index (χ1n) is 6.68. The minimum absolute atomic E-state index is 0.293. The zero-order valence-electron chi connectivity index (χ0n) is 10.7. The molecule has 0 spiro atoms. The van der Waals surface area contributed by atoms with E-state index in [-0.39, 0.29) is 0 Å². The first kappa shape index (κ1) is 12.4. The van der Waals surface area contributed by atoms with E-state index >= 15 is 0 Å². The van der Waals surface area contributed by atoms with Crippen molar-refractivity contribution in [2.24, 2.45) is 0 Å². The Balaban J connectivity index is 1.99. The Bertz CT molecular complexity index is 581. The van der Waals surface area contributed by atoms with Crippen molar-refractivity contribution in [2.45, 2.75) is 25.2 Å². The smallest absolute Gasteiger partial charge is 0.159 e. The molecular formula is C17H16OS. The zero-order chi connectivity index (χ0) is 13.1. The van der Waals surface area contributed by atoms with Crippen LogP contribution in [0.1, 0.15) is 35.6 Å². The van der Waals surface area contributed by atoms with Gasteiger partial charge in [0.05, 0.1) is 0 Å². The predicted octanol–water partition coefficient (Wildman–Crippen LogP) is 4.67. The summed E-state index contributed by atoms with van der Waals surface area (Å²) in [5, 5.41) is 2.09. The normalized spacial score (nSPS) is 21.8. The first-order valence-corrected chi connectivity index (χ1v) is 7.56. The molecule has 1 nitrogen and oxygen atoms in total. The predicted molar refractivity (Wildman–Crippen MR) is 80.3 cm³/mol. The minimum Gasteiger partial charge on any atom is -0.295 e. The van der Waals surface area contributed by atoms with E-state index in [9.17, 15) is 4.79 Å². The van der Waals surface area contributed by atoms with Crippen LogP contribution < -0.4 is 0 Å². The lowest BCUT2D eigenvalue weighted by Gasteiger charge is -2.23. The van der Waals surface area contributed by atoms with Gasteiger partial charge in [0.1, 0.15) is 0 Å². The van der Waals surface area contributed by atoms with Crippen LogP contribution in [-0.2, 0) is 4.79 Å². The van der Waals surface area contributed by atoms with Gasteiger partial charge in [0.2, 0.25) is 0 Å². The van der Waals surface area contributed by atoms with Crippen molar-refractivity contribution in [3.63, 3.8) is 0 Å². The molecular weight excluding hydrogens is 252 g/mol. The van der Waals surface area contributed by atoms with Gasteiger partial charge in [-0.05, 0) is 35.9 Å². The molecule has 2 heteroatoms. The number of allylic oxidation sites excluding steroid dienone is 1. The lowest BCUT2D eigenvalue weighted by molar-refractivity contribution is -0.116. The SMILES string of the molecule is O=C1CCCC(c2cccs2)/C1=C/c1ccccc1. The minimum atomic E-state index is 0.293. The number of ketones is 1. The molecule has 1 saturated carbocycles. The van der Waals surface area contributed by atoms with Crippen LogP contribution in [-0.4, -0.2) is 5.78 Å². The quantitative estimate of drug-likeness (QED) is 0.723. The number of carbonyl (C=O) groups excluding carboxylic acids is 1. The molecule has 2 aromatic rings. The van der Waals surface area contributed by atoms with Gasteiger partial charge in [-0.3, -0.25) is 4.79 Å². The third kappa shape index (κ3) is 2.69. The van der Waals surface area contributed by atoms with Crippen molar-refractivity contribution >= 4 is 23.2 Å². The highest BCUT2D eigenvalue weighted by Crippen LogP contribution is 2.38. The zero-order valence-corrected chi connectivity index (χ0v) is 11.5. The number of thiophene rings is 1. The molecule has 0 amide bonds. The molecule has 96 valence electrons. The van der Waals surface area contributed by atoms with Gasteiger partial charge >= 0.3 is 0 Å². The van der Waals surface area contributed by atoms with Crippen LogP contribution in [0.15, 0.2) is 53.4 Å². The van der Waals surface area contributed by atoms with Crippen LogP contribution >= 0.6 is 11.3 Å². The number of hydrogen-bond donors (Lipinski definition) is 0. The number of benzene rings is 1. The average molecular weight is 268 g/mol. The van der Waals surface area contributed by atoms with E-state index in [0.29, 0.717) is 18.1 Å². The molecule has 1 aliphatic rings. The second-order valence-electron chi connectivity index (χ2n) is 4.89. The Labute approximate surface area is 117 Å². The van der Waals surface area contributed by atoms with Crippen molar-refractivity contribution in [1.82, 2.24) is 0 Å². The summed E-state index contributed by atoms with van der Waals surface area (Å²) in [6, 6.07) is 14.4. The lowest BCUT2D eigenvalue weighted by atomic mass is 9.81. The van der Waals surface area contributed by atoms with Crippen LogP contribution in [0.2, 0.25) is 0 Å². The monoisotopic (exact) mass is 268 g/mol. The van der Waals surface area contributed by atoms with Crippen molar-refractivity contribution in [3.8, 4) is 0 Å². The third-order valence-corrected chi connectivity index (χ3v) is 4.59. The highest BCUT2D eigenvalue weighted by molar-refractivity contribution is 7.10. The Morgan fingerprint density at radius 3 is 2.68 bits per heavy atom. The Kier molecular flexibility index (Phi) is 3.60. The van der Waals surface area contributed by atoms with Crippen LogP contribution in [0.3, 0.4) is 0 Å². The fourth-order valence-electron chi connectivity index (χ4n) is 2.66. The topological polar surface area (TPSA) is 17.1 Å². The third-order valence-electron chi connectivity index (χ3n) is 3.60. The number of rotatable bonds is 2. The van der Waals surface area contributed by atoms with E-state index in [0.717, 1.165) is 24.0 Å². The first-order chi connectivity index (χ1) is 9.34. The van der Waals surface area contributed by atoms with Gasteiger partial charge in [0.25, 0.3) is 0 Å². The van der Waals surface area contributed by atoms with Crippen molar-refractivity contribution in [1.29, 1.82) is 0 Å². The summed E-state index contributed by atoms with van der Waals surface area (Å²) < 4.78 is 0. The van der Waals surface area contributed by atoms with E-state index in [2.05, 4.69) is 35.7 Å². The van der Waals surface area contributed by atoms with E-state index in [1.165, 1.54) is 4.88 Å². The van der Waals surface area contributed by atoms with Gasteiger partial charge in [-0.15, -0.1) is 11.3 Å². The molecule has 1 aliphatic carbocycles. The Hall–Kier alpha value is -1.67. The fraction of sp³-hybridized carbons (Fsp3) is 0.235. The lowest BCUT2D eigenvalue weighted by Crippen LogP contribution is -2.16. The highest BCUT2D eigenvalue weighted by Gasteiger charge is 2.27. The fourth-order valence-corrected chi connectivity index (χ4v) is 3.54. The van der Waals surface area contributed by atoms with E-state index in [4.69, 9.17) is 0 Å². The summed E-state index contributed by atoms with van der Waals surface area (Å²) >= 11 is 1.75. The van der Waals surface area contributed by atoms with Crippen LogP contribution in [0.5, 0.6) is 0 Å². The van der Waals surface area contributed by atoms with Crippen LogP contribution in [0, 0.1) is 0 Å². The summed E-state index contributed by atoms with van der Waals surface area (Å²) in [7, 11) is 0. The molecule has 0 aliphatic heterocycles. The maximum atomic E-state index is 12.2. The van der Waals surface area contributed by atoms with Crippen molar-refractivity contribution in [2.75, 3.05) is 0 Å². The van der Waals surface area contributed by atoms with Crippen LogP contribution in [0.25, 0.3) is 6.08 Å². The maximum Gasteiger partial charge on any atom is 0.159 e. The van der Waals surface area contributed by atoms with Crippen LogP contribution in [0.4, 0.5) is 0 Å². The molecule has 3 rings (SSSR count). The molecule has 0 radical (unpaired) electrons. The Morgan fingerprint density at radius 1 is 1.11 bits per heavy atom. The summed E-state index contributed by atoms with van der Waals surface area (Å²) in [5.74, 6) is 0.606. The number of carbonyl (C=O) groups is 1. The molecule has 1 heterocycles. The average Bonchev–Trinajstić information content (AvgIpc) is 2.96. The molecule has 0 bridgehead atoms. The largest absolute Gasteiger partial charge is 0.295 e. The number of hydrogen-bond acceptors (Lipinski definition) is 2. The summed E-state index contributed by atoms with van der Waals surface area (Å²) in [5.41, 5.74) is 2.11. The standard InChI is InChI=1S/C17H16OS/c18-16-9-4-8-14(17-10-5-11-19-17)15(16)12-13-6-2-1-3-7-13/h1-3,5-7,10-12,14H,4,8-9H2/b15-12-. The molecule has 1 unspecified atom stereocenters. The van der Waals surface area contributed by atoms with E-state index in [1.54, 1.807) is 11.3 Å². The second kappa shape index (κ2) is 5.54. The molecule has 1 aromatic heterocycles. The van der Waals surface area contributed by atoms with E-state index in [1.807, 2.05) is 18.2 Å². The molecule has 1 atom stereocenters. The maximum absolute atomic E-state index is 12.2. The molecule has 19 heavy (non-hydrogen) atoms. The number of Topliss-reactive ketones (excluding diaryl/α,β-unsaturated/α-hetero) is 1. The van der Waals surface area contributed by atoms with Gasteiger partial charge in [0.15, 0.2) is 5.78 Å². The second-order valence-corrected chi connectivity index (χ2v) is 5.87. The van der Waals surface area contributed by atoms with Gasteiger partial charge in [-0.2, -0.15) is 0 Å². The Morgan fingerprint density at radius 2 is 1.95 bits per heavy atom. The summed E-state index contributed by atoms with van der Waals surface area (Å²) in [4.78, 5) is 13.6. The molecule has 1 aromatic carbocycles. The van der Waals surface area contributed by atoms with Gasteiger partial charge in [-0.25, -0.2) is 0 Å². The molecule has 1 fully saturated rings. The van der Waals surface area contributed by atoms with E-state index < -0.39 is 0 Å². The molecule has 0 N–H and O–H groups in total. The highest BCUT2D eigenvalue weighted by atomic mass is 32.1. The van der Waals surface area contributed by atoms with Crippen molar-refractivity contribution < 1.29 is 4.79 Å².